The Labute approximate surface area is 137 Å². The van der Waals surface area contributed by atoms with E-state index in [-0.39, 0.29) is 17.4 Å². The highest BCUT2D eigenvalue weighted by atomic mass is 19.1. The molecule has 120 valence electrons. The monoisotopic (exact) mass is 323 g/mol. The average Bonchev–Trinajstić information content (AvgIpc) is 2.56. The van der Waals surface area contributed by atoms with E-state index >= 15 is 0 Å². The molecule has 0 bridgehead atoms. The summed E-state index contributed by atoms with van der Waals surface area (Å²) in [5.74, 6) is -0.751. The van der Waals surface area contributed by atoms with Crippen LogP contribution >= 0.6 is 0 Å². The number of pyridine rings is 1. The summed E-state index contributed by atoms with van der Waals surface area (Å²) in [6.45, 7) is 0.495. The molecule has 3 aromatic rings. The first-order valence-corrected chi connectivity index (χ1v) is 7.68. The summed E-state index contributed by atoms with van der Waals surface area (Å²) < 4.78 is 15.3. The molecule has 0 N–H and O–H groups in total. The van der Waals surface area contributed by atoms with Gasteiger partial charge in [0.1, 0.15) is 17.0 Å². The normalized spacial score (nSPS) is 16.9. The van der Waals surface area contributed by atoms with Crippen molar-refractivity contribution < 1.29 is 9.18 Å². The third-order valence-corrected chi connectivity index (χ3v) is 4.39. The van der Waals surface area contributed by atoms with Crippen LogP contribution in [0.2, 0.25) is 0 Å². The van der Waals surface area contributed by atoms with Gasteiger partial charge in [0.25, 0.3) is 11.5 Å². The van der Waals surface area contributed by atoms with Gasteiger partial charge in [-0.3, -0.25) is 14.0 Å². The summed E-state index contributed by atoms with van der Waals surface area (Å²) >= 11 is 0. The standard InChI is InChI=1S/C18H14FN3O2/c19-14-6-2-1-5-12(14)15-8-10-21(15)17(23)13-11-20-16-7-3-4-9-22(16)18(13)24/h1-7,9,11,15H,8,10H2. The molecule has 5 nitrogen and oxygen atoms in total. The fraction of sp³-hybridized carbons (Fsp3) is 0.167. The average molecular weight is 323 g/mol. The zero-order valence-electron chi connectivity index (χ0n) is 12.7. The van der Waals surface area contributed by atoms with Crippen molar-refractivity contribution in [2.45, 2.75) is 12.5 Å². The predicted octanol–water partition coefficient (Wildman–Crippen LogP) is 2.42. The number of likely N-dealkylation sites (tertiary alicyclic amines) is 1. The molecule has 3 heterocycles. The van der Waals surface area contributed by atoms with Crippen LogP contribution in [0.1, 0.15) is 28.4 Å². The largest absolute Gasteiger partial charge is 0.331 e. The van der Waals surface area contributed by atoms with E-state index in [0.717, 1.165) is 0 Å². The Morgan fingerprint density at radius 3 is 2.71 bits per heavy atom. The summed E-state index contributed by atoms with van der Waals surface area (Å²) in [4.78, 5) is 30.9. The fourth-order valence-corrected chi connectivity index (χ4v) is 3.03. The van der Waals surface area contributed by atoms with E-state index in [4.69, 9.17) is 0 Å². The number of hydrogen-bond acceptors (Lipinski definition) is 3. The molecule has 1 unspecified atom stereocenters. The van der Waals surface area contributed by atoms with E-state index in [1.54, 1.807) is 42.6 Å². The number of carbonyl (C=O) groups excluding carboxylic acids is 1. The maximum atomic E-state index is 14.0. The minimum absolute atomic E-state index is 0.000241. The number of aromatic nitrogens is 2. The quantitative estimate of drug-likeness (QED) is 0.728. The lowest BCUT2D eigenvalue weighted by atomic mass is 9.93. The molecule has 1 amide bonds. The van der Waals surface area contributed by atoms with Gasteiger partial charge in [-0.15, -0.1) is 0 Å². The van der Waals surface area contributed by atoms with Gasteiger partial charge in [-0.1, -0.05) is 24.3 Å². The van der Waals surface area contributed by atoms with E-state index in [9.17, 15) is 14.0 Å². The molecule has 1 atom stereocenters. The van der Waals surface area contributed by atoms with Crippen molar-refractivity contribution in [1.82, 2.24) is 14.3 Å². The van der Waals surface area contributed by atoms with Gasteiger partial charge in [-0.25, -0.2) is 9.37 Å². The lowest BCUT2D eigenvalue weighted by Gasteiger charge is -2.41. The van der Waals surface area contributed by atoms with Crippen molar-refractivity contribution in [2.24, 2.45) is 0 Å². The zero-order chi connectivity index (χ0) is 16.7. The van der Waals surface area contributed by atoms with Gasteiger partial charge >= 0.3 is 0 Å². The highest BCUT2D eigenvalue weighted by Gasteiger charge is 2.36. The number of fused-ring (bicyclic) bond motifs is 1. The van der Waals surface area contributed by atoms with Gasteiger partial charge in [-0.2, -0.15) is 0 Å². The highest BCUT2D eigenvalue weighted by Crippen LogP contribution is 2.35. The second-order valence-electron chi connectivity index (χ2n) is 5.73. The van der Waals surface area contributed by atoms with Crippen molar-refractivity contribution in [3.05, 3.63) is 82.2 Å². The molecule has 4 rings (SSSR count). The van der Waals surface area contributed by atoms with Crippen LogP contribution in [-0.4, -0.2) is 26.7 Å². The Morgan fingerprint density at radius 1 is 1.17 bits per heavy atom. The third-order valence-electron chi connectivity index (χ3n) is 4.39. The molecule has 0 radical (unpaired) electrons. The van der Waals surface area contributed by atoms with Crippen LogP contribution in [0.5, 0.6) is 0 Å². The van der Waals surface area contributed by atoms with Gasteiger partial charge in [0, 0.05) is 24.5 Å². The molecular formula is C18H14FN3O2. The molecule has 6 heteroatoms. The molecule has 0 aliphatic carbocycles. The minimum atomic E-state index is -0.412. The predicted molar refractivity (Wildman–Crippen MR) is 86.3 cm³/mol. The molecular weight excluding hydrogens is 309 g/mol. The zero-order valence-corrected chi connectivity index (χ0v) is 12.7. The Morgan fingerprint density at radius 2 is 1.96 bits per heavy atom. The first-order chi connectivity index (χ1) is 11.7. The van der Waals surface area contributed by atoms with Gasteiger partial charge in [0.05, 0.1) is 6.04 Å². The Balaban J connectivity index is 1.71. The molecule has 1 aliphatic rings. The molecule has 1 saturated heterocycles. The summed E-state index contributed by atoms with van der Waals surface area (Å²) in [5, 5.41) is 0. The van der Waals surface area contributed by atoms with Crippen molar-refractivity contribution in [1.29, 1.82) is 0 Å². The molecule has 2 aromatic heterocycles. The maximum Gasteiger partial charge on any atom is 0.270 e. The van der Waals surface area contributed by atoms with E-state index in [2.05, 4.69) is 4.98 Å². The smallest absolute Gasteiger partial charge is 0.270 e. The van der Waals surface area contributed by atoms with Crippen LogP contribution in [0, 0.1) is 5.82 Å². The minimum Gasteiger partial charge on any atom is -0.331 e. The van der Waals surface area contributed by atoms with Crippen molar-refractivity contribution in [3.8, 4) is 0 Å². The Bertz CT molecular complexity index is 999. The van der Waals surface area contributed by atoms with Crippen LogP contribution < -0.4 is 5.56 Å². The summed E-state index contributed by atoms with van der Waals surface area (Å²) in [5.41, 5.74) is 0.545. The molecule has 1 aliphatic heterocycles. The summed E-state index contributed by atoms with van der Waals surface area (Å²) in [7, 11) is 0. The number of halogens is 1. The topological polar surface area (TPSA) is 54.7 Å². The molecule has 0 saturated carbocycles. The molecule has 0 spiro atoms. The van der Waals surface area contributed by atoms with Crippen molar-refractivity contribution in [2.75, 3.05) is 6.54 Å². The molecule has 24 heavy (non-hydrogen) atoms. The summed E-state index contributed by atoms with van der Waals surface area (Å²) in [6.07, 6.45) is 3.55. The van der Waals surface area contributed by atoms with E-state index in [0.29, 0.717) is 24.2 Å². The van der Waals surface area contributed by atoms with Crippen molar-refractivity contribution >= 4 is 11.6 Å². The second-order valence-corrected chi connectivity index (χ2v) is 5.73. The molecule has 1 aromatic carbocycles. The number of hydrogen-bond donors (Lipinski definition) is 0. The van der Waals surface area contributed by atoms with Crippen molar-refractivity contribution in [3.63, 3.8) is 0 Å². The fourth-order valence-electron chi connectivity index (χ4n) is 3.03. The summed E-state index contributed by atoms with van der Waals surface area (Å²) in [6, 6.07) is 11.2. The van der Waals surface area contributed by atoms with Gasteiger partial charge in [-0.05, 0) is 24.6 Å². The first kappa shape index (κ1) is 14.6. The third kappa shape index (κ3) is 2.19. The van der Waals surface area contributed by atoms with Crippen LogP contribution in [0.15, 0.2) is 59.7 Å². The number of carbonyl (C=O) groups is 1. The first-order valence-electron chi connectivity index (χ1n) is 7.68. The van der Waals surface area contributed by atoms with Crippen LogP contribution in [0.3, 0.4) is 0 Å². The van der Waals surface area contributed by atoms with E-state index in [1.165, 1.54) is 21.6 Å². The SMILES string of the molecule is O=C(c1cnc2ccccn2c1=O)N1CCC1c1ccccc1F. The number of rotatable bonds is 2. The van der Waals surface area contributed by atoms with Crippen LogP contribution in [0.25, 0.3) is 5.65 Å². The molecule has 1 fully saturated rings. The second kappa shape index (κ2) is 5.56. The Kier molecular flexibility index (Phi) is 3.37. The van der Waals surface area contributed by atoms with Crippen LogP contribution in [-0.2, 0) is 0 Å². The lowest BCUT2D eigenvalue weighted by molar-refractivity contribution is 0.0450. The van der Waals surface area contributed by atoms with E-state index < -0.39 is 11.5 Å². The number of amides is 1. The number of benzene rings is 1. The van der Waals surface area contributed by atoms with Gasteiger partial charge in [0.2, 0.25) is 0 Å². The maximum absolute atomic E-state index is 14.0. The van der Waals surface area contributed by atoms with Gasteiger partial charge in [0.15, 0.2) is 0 Å². The highest BCUT2D eigenvalue weighted by molar-refractivity contribution is 5.94. The van der Waals surface area contributed by atoms with Crippen LogP contribution in [0.4, 0.5) is 4.39 Å². The van der Waals surface area contributed by atoms with Gasteiger partial charge < -0.3 is 4.90 Å². The van der Waals surface area contributed by atoms with E-state index in [1.807, 2.05) is 0 Å². The lowest BCUT2D eigenvalue weighted by Crippen LogP contribution is -2.47. The Hall–Kier alpha value is -3.02. The number of nitrogens with zero attached hydrogens (tertiary/aromatic N) is 3.